The monoisotopic (exact) mass is 379 g/mol. The fourth-order valence-corrected chi connectivity index (χ4v) is 4.12. The van der Waals surface area contributed by atoms with Crippen LogP contribution in [-0.4, -0.2) is 21.0 Å². The Hall–Kier alpha value is -3.19. The number of H-pyrrole nitrogens is 2. The second kappa shape index (κ2) is 6.85. The van der Waals surface area contributed by atoms with Gasteiger partial charge in [0.2, 0.25) is 0 Å². The van der Waals surface area contributed by atoms with Crippen LogP contribution < -0.4 is 11.3 Å². The molecule has 0 bridgehead atoms. The number of nitrogens with one attached hydrogen (secondary N) is 2. The van der Waals surface area contributed by atoms with Crippen molar-refractivity contribution in [2.45, 2.75) is 22.6 Å². The number of carboxylic acids is 1. The summed E-state index contributed by atoms with van der Waals surface area (Å²) in [6, 6.07) is 13.5. The third-order valence-electron chi connectivity index (χ3n) is 4.40. The number of fused-ring (bicyclic) bond motifs is 3. The lowest BCUT2D eigenvalue weighted by atomic mass is 10.0. The number of carbonyl (C=O) groups is 1. The minimum atomic E-state index is -0.864. The van der Waals surface area contributed by atoms with Gasteiger partial charge in [-0.15, -0.1) is 0 Å². The molecule has 2 heterocycles. The van der Waals surface area contributed by atoms with Crippen molar-refractivity contribution >= 4 is 45.2 Å². The van der Waals surface area contributed by atoms with Gasteiger partial charge in [0.1, 0.15) is 5.52 Å². The third-order valence-corrected chi connectivity index (χ3v) is 5.38. The molecule has 0 radical (unpaired) electrons. The maximum absolute atomic E-state index is 12.3. The molecule has 4 rings (SSSR count). The predicted octanol–water partition coefficient (Wildman–Crippen LogP) is 3.76. The molecule has 0 fully saturated rings. The summed E-state index contributed by atoms with van der Waals surface area (Å²) in [4.78, 5) is 31.2. The van der Waals surface area contributed by atoms with E-state index in [0.717, 1.165) is 31.6 Å². The van der Waals surface area contributed by atoms with Gasteiger partial charge in [-0.25, -0.2) is 0 Å². The summed E-state index contributed by atoms with van der Waals surface area (Å²) in [7, 11) is 0. The Morgan fingerprint density at radius 2 is 1.96 bits per heavy atom. The average molecular weight is 379 g/mol. The van der Waals surface area contributed by atoms with Crippen LogP contribution in [0.1, 0.15) is 12.0 Å². The zero-order chi connectivity index (χ0) is 19.0. The standard InChI is InChI=1S/C20H17N3O3S/c21-12-2-1-3-13(8-12)27-14-5-6-16-15(9-14)18-11(4-7-17(24)25)10-22-19(18)20(26)23-16/h1-3,5-6,8-10,22H,4,7,21H2,(H,23,26)(H,24,25). The number of nitrogens with two attached hydrogens (primary N) is 1. The van der Waals surface area contributed by atoms with Gasteiger partial charge in [0.15, 0.2) is 0 Å². The maximum Gasteiger partial charge on any atom is 0.303 e. The summed E-state index contributed by atoms with van der Waals surface area (Å²) < 4.78 is 0. The van der Waals surface area contributed by atoms with Gasteiger partial charge in [-0.05, 0) is 48.4 Å². The van der Waals surface area contributed by atoms with Crippen LogP contribution in [0.3, 0.4) is 0 Å². The highest BCUT2D eigenvalue weighted by Crippen LogP contribution is 2.33. The number of aromatic amines is 2. The molecule has 0 saturated heterocycles. The van der Waals surface area contributed by atoms with E-state index in [1.807, 2.05) is 42.5 Å². The van der Waals surface area contributed by atoms with Crippen molar-refractivity contribution in [2.75, 3.05) is 5.73 Å². The highest BCUT2D eigenvalue weighted by molar-refractivity contribution is 7.99. The van der Waals surface area contributed by atoms with E-state index in [4.69, 9.17) is 10.8 Å². The molecule has 0 atom stereocenters. The second-order valence-electron chi connectivity index (χ2n) is 6.29. The van der Waals surface area contributed by atoms with Gasteiger partial charge >= 0.3 is 5.97 Å². The number of benzene rings is 2. The smallest absolute Gasteiger partial charge is 0.303 e. The van der Waals surface area contributed by atoms with Crippen molar-refractivity contribution in [3.63, 3.8) is 0 Å². The van der Waals surface area contributed by atoms with Crippen molar-refractivity contribution < 1.29 is 9.90 Å². The first-order valence-corrected chi connectivity index (χ1v) is 9.24. The van der Waals surface area contributed by atoms with Gasteiger partial charge < -0.3 is 20.8 Å². The molecule has 4 aromatic rings. The predicted molar refractivity (Wildman–Crippen MR) is 107 cm³/mol. The van der Waals surface area contributed by atoms with Gasteiger partial charge in [0.05, 0.1) is 0 Å². The van der Waals surface area contributed by atoms with Crippen LogP contribution in [0.4, 0.5) is 5.69 Å². The van der Waals surface area contributed by atoms with Crippen molar-refractivity contribution in [2.24, 2.45) is 0 Å². The molecule has 6 nitrogen and oxygen atoms in total. The molecule has 0 aliphatic rings. The SMILES string of the molecule is Nc1cccc(Sc2ccc3[nH]c(=O)c4[nH]cc(CCC(=O)O)c4c3c2)c1. The number of aliphatic carboxylic acids is 1. The zero-order valence-corrected chi connectivity index (χ0v) is 15.1. The number of aryl methyl sites for hydroxylation is 1. The molecular formula is C20H17N3O3S. The Morgan fingerprint density at radius 1 is 1.15 bits per heavy atom. The number of pyridine rings is 1. The van der Waals surface area contributed by atoms with E-state index in [0.29, 0.717) is 17.6 Å². The van der Waals surface area contributed by atoms with Crippen LogP contribution in [0.15, 0.2) is 63.2 Å². The van der Waals surface area contributed by atoms with E-state index in [1.165, 1.54) is 0 Å². The first-order chi connectivity index (χ1) is 13.0. The quantitative estimate of drug-likeness (QED) is 0.395. The zero-order valence-electron chi connectivity index (χ0n) is 14.3. The summed E-state index contributed by atoms with van der Waals surface area (Å²) in [5.41, 5.74) is 8.36. The summed E-state index contributed by atoms with van der Waals surface area (Å²) in [5, 5.41) is 10.7. The Balaban J connectivity index is 1.84. The van der Waals surface area contributed by atoms with Crippen LogP contribution >= 0.6 is 11.8 Å². The lowest BCUT2D eigenvalue weighted by Gasteiger charge is -2.07. The fraction of sp³-hybridized carbons (Fsp3) is 0.100. The Morgan fingerprint density at radius 3 is 2.74 bits per heavy atom. The van der Waals surface area contributed by atoms with Gasteiger partial charge in [-0.1, -0.05) is 17.8 Å². The number of hydrogen-bond donors (Lipinski definition) is 4. The Kier molecular flexibility index (Phi) is 4.37. The largest absolute Gasteiger partial charge is 0.481 e. The molecule has 0 saturated carbocycles. The fourth-order valence-electron chi connectivity index (χ4n) is 3.19. The number of rotatable bonds is 5. The number of nitrogen functional groups attached to an aromatic ring is 1. The van der Waals surface area contributed by atoms with E-state index in [2.05, 4.69) is 9.97 Å². The number of aromatic nitrogens is 2. The van der Waals surface area contributed by atoms with Crippen molar-refractivity contribution in [3.8, 4) is 0 Å². The van der Waals surface area contributed by atoms with Gasteiger partial charge in [0, 0.05) is 44.4 Å². The van der Waals surface area contributed by atoms with E-state index < -0.39 is 5.97 Å². The van der Waals surface area contributed by atoms with Crippen LogP contribution in [0.2, 0.25) is 0 Å². The average Bonchev–Trinajstić information content (AvgIpc) is 3.06. The lowest BCUT2D eigenvalue weighted by molar-refractivity contribution is -0.136. The minimum absolute atomic E-state index is 0.0129. The highest BCUT2D eigenvalue weighted by atomic mass is 32.2. The number of anilines is 1. The van der Waals surface area contributed by atoms with Gasteiger partial charge in [-0.2, -0.15) is 0 Å². The van der Waals surface area contributed by atoms with E-state index in [-0.39, 0.29) is 12.0 Å². The van der Waals surface area contributed by atoms with Gasteiger partial charge in [0.25, 0.3) is 5.56 Å². The molecule has 0 amide bonds. The van der Waals surface area contributed by atoms with E-state index in [9.17, 15) is 9.59 Å². The van der Waals surface area contributed by atoms with E-state index >= 15 is 0 Å². The second-order valence-corrected chi connectivity index (χ2v) is 7.44. The van der Waals surface area contributed by atoms with Crippen molar-refractivity contribution in [1.29, 1.82) is 0 Å². The Labute approximate surface area is 158 Å². The molecule has 0 spiro atoms. The minimum Gasteiger partial charge on any atom is -0.481 e. The number of carboxylic acid groups (broad SMARTS) is 1. The van der Waals surface area contributed by atoms with Crippen LogP contribution in [0.5, 0.6) is 0 Å². The molecule has 7 heteroatoms. The van der Waals surface area contributed by atoms with Crippen LogP contribution in [-0.2, 0) is 11.2 Å². The summed E-state index contributed by atoms with van der Waals surface area (Å²) >= 11 is 1.58. The van der Waals surface area contributed by atoms with Crippen LogP contribution in [0.25, 0.3) is 21.8 Å². The van der Waals surface area contributed by atoms with E-state index in [1.54, 1.807) is 18.0 Å². The highest BCUT2D eigenvalue weighted by Gasteiger charge is 2.13. The molecule has 0 aliphatic carbocycles. The maximum atomic E-state index is 12.3. The molecule has 2 aromatic heterocycles. The molecule has 136 valence electrons. The molecule has 0 aliphatic heterocycles. The lowest BCUT2D eigenvalue weighted by Crippen LogP contribution is -2.06. The van der Waals surface area contributed by atoms with Crippen molar-refractivity contribution in [3.05, 3.63) is 64.6 Å². The van der Waals surface area contributed by atoms with Crippen LogP contribution in [0, 0.1) is 0 Å². The molecule has 2 aromatic carbocycles. The Bertz CT molecular complexity index is 1230. The topological polar surface area (TPSA) is 112 Å². The van der Waals surface area contributed by atoms with Gasteiger partial charge in [-0.3, -0.25) is 9.59 Å². The summed E-state index contributed by atoms with van der Waals surface area (Å²) in [5.74, 6) is -0.864. The molecular weight excluding hydrogens is 362 g/mol. The molecule has 27 heavy (non-hydrogen) atoms. The first-order valence-electron chi connectivity index (χ1n) is 8.42. The normalized spacial score (nSPS) is 11.3. The summed E-state index contributed by atoms with van der Waals surface area (Å²) in [6.07, 6.45) is 2.10. The third kappa shape index (κ3) is 3.41. The van der Waals surface area contributed by atoms with Crippen molar-refractivity contribution in [1.82, 2.24) is 9.97 Å². The number of hydrogen-bond acceptors (Lipinski definition) is 4. The summed E-state index contributed by atoms with van der Waals surface area (Å²) in [6.45, 7) is 0. The molecule has 0 unspecified atom stereocenters. The first kappa shape index (κ1) is 17.2. The molecule has 5 N–H and O–H groups in total.